The Kier molecular flexibility index (Phi) is 6.13. The zero-order valence-corrected chi connectivity index (χ0v) is 16.1. The number of rotatable bonds is 5. The van der Waals surface area contributed by atoms with Crippen LogP contribution in [0.1, 0.15) is 36.2 Å². The number of aromatic hydroxyl groups is 1. The highest BCUT2D eigenvalue weighted by atomic mass is 32.2. The van der Waals surface area contributed by atoms with Gasteiger partial charge in [0.2, 0.25) is 0 Å². The quantitative estimate of drug-likeness (QED) is 0.542. The van der Waals surface area contributed by atoms with Crippen LogP contribution in [0.2, 0.25) is 0 Å². The molecule has 0 radical (unpaired) electrons. The molecule has 0 aromatic heterocycles. The lowest BCUT2D eigenvalue weighted by Crippen LogP contribution is -2.19. The minimum atomic E-state index is -0.451. The van der Waals surface area contributed by atoms with Gasteiger partial charge in [-0.1, -0.05) is 43.0 Å². The number of carbonyl (C=O) groups excluding carboxylic acids is 1. The lowest BCUT2D eigenvalue weighted by Gasteiger charge is -2.08. The standard InChI is InChI=1S/C20H22N4O2S/c1-3-16-12-21-20(27-16)22-15-10-8-14(9-11-15)13(2)23-24-19(26)17-6-4-5-7-18(17)25/h4-11,16,25H,3,12H2,1-2H3,(H,21,22)(H,24,26)/b23-13-/t16-/m0/s1. The van der Waals surface area contributed by atoms with Gasteiger partial charge in [0.05, 0.1) is 17.8 Å². The van der Waals surface area contributed by atoms with E-state index in [2.05, 4.69) is 27.8 Å². The van der Waals surface area contributed by atoms with Crippen LogP contribution in [0.25, 0.3) is 0 Å². The zero-order chi connectivity index (χ0) is 19.2. The van der Waals surface area contributed by atoms with E-state index in [1.54, 1.807) is 30.0 Å². The van der Waals surface area contributed by atoms with Crippen molar-refractivity contribution in [2.45, 2.75) is 25.5 Å². The van der Waals surface area contributed by atoms with Gasteiger partial charge in [0.15, 0.2) is 5.17 Å². The van der Waals surface area contributed by atoms with Crippen LogP contribution in [-0.4, -0.2) is 33.7 Å². The summed E-state index contributed by atoms with van der Waals surface area (Å²) in [5.74, 6) is -0.524. The van der Waals surface area contributed by atoms with E-state index < -0.39 is 5.91 Å². The van der Waals surface area contributed by atoms with E-state index in [-0.39, 0.29) is 11.3 Å². The minimum Gasteiger partial charge on any atom is -0.507 e. The van der Waals surface area contributed by atoms with E-state index in [0.29, 0.717) is 11.0 Å². The van der Waals surface area contributed by atoms with Gasteiger partial charge >= 0.3 is 0 Å². The highest BCUT2D eigenvalue weighted by Gasteiger charge is 2.17. The average molecular weight is 382 g/mol. The molecule has 27 heavy (non-hydrogen) atoms. The van der Waals surface area contributed by atoms with Crippen molar-refractivity contribution in [1.82, 2.24) is 5.43 Å². The Bertz CT molecular complexity index is 878. The summed E-state index contributed by atoms with van der Waals surface area (Å²) in [5, 5.41) is 18.7. The topological polar surface area (TPSA) is 86.1 Å². The second kappa shape index (κ2) is 8.73. The maximum Gasteiger partial charge on any atom is 0.275 e. The van der Waals surface area contributed by atoms with E-state index >= 15 is 0 Å². The van der Waals surface area contributed by atoms with E-state index in [4.69, 9.17) is 0 Å². The molecule has 0 bridgehead atoms. The van der Waals surface area contributed by atoms with Crippen molar-refractivity contribution in [2.24, 2.45) is 10.1 Å². The van der Waals surface area contributed by atoms with E-state index in [9.17, 15) is 9.90 Å². The monoisotopic (exact) mass is 382 g/mol. The van der Waals surface area contributed by atoms with Crippen molar-refractivity contribution in [3.63, 3.8) is 0 Å². The smallest absolute Gasteiger partial charge is 0.275 e. The number of thioether (sulfide) groups is 1. The lowest BCUT2D eigenvalue weighted by molar-refractivity contribution is 0.0952. The molecule has 1 atom stereocenters. The van der Waals surface area contributed by atoms with Crippen molar-refractivity contribution in [1.29, 1.82) is 0 Å². The molecule has 0 spiro atoms. The summed E-state index contributed by atoms with van der Waals surface area (Å²) >= 11 is 1.77. The fourth-order valence-electron chi connectivity index (χ4n) is 2.54. The number of hydrogen-bond donors (Lipinski definition) is 3. The van der Waals surface area contributed by atoms with Crippen molar-refractivity contribution in [3.8, 4) is 5.75 Å². The van der Waals surface area contributed by atoms with Crippen LogP contribution >= 0.6 is 11.8 Å². The van der Waals surface area contributed by atoms with Crippen LogP contribution < -0.4 is 10.7 Å². The average Bonchev–Trinajstić information content (AvgIpc) is 3.14. The number of benzene rings is 2. The number of anilines is 1. The normalized spacial score (nSPS) is 16.7. The number of phenols is 1. The molecule has 1 heterocycles. The van der Waals surface area contributed by atoms with E-state index in [0.717, 1.165) is 29.4 Å². The minimum absolute atomic E-state index is 0.0729. The number of phenolic OH excluding ortho intramolecular Hbond substituents is 1. The Hall–Kier alpha value is -2.80. The first kappa shape index (κ1) is 19.0. The predicted octanol–water partition coefficient (Wildman–Crippen LogP) is 3.84. The molecular weight excluding hydrogens is 360 g/mol. The van der Waals surface area contributed by atoms with Gasteiger partial charge in [-0.2, -0.15) is 5.10 Å². The van der Waals surface area contributed by atoms with Crippen molar-refractivity contribution < 1.29 is 9.90 Å². The van der Waals surface area contributed by atoms with Gasteiger partial charge in [-0.3, -0.25) is 9.79 Å². The van der Waals surface area contributed by atoms with Crippen LogP contribution in [0.15, 0.2) is 58.6 Å². The molecule has 1 aliphatic rings. The fourth-order valence-corrected chi connectivity index (χ4v) is 3.50. The fraction of sp³-hybridized carbons (Fsp3) is 0.250. The molecule has 0 fully saturated rings. The van der Waals surface area contributed by atoms with Gasteiger partial charge in [0.1, 0.15) is 5.75 Å². The molecular formula is C20H22N4O2S. The Morgan fingerprint density at radius 3 is 2.67 bits per heavy atom. The molecule has 3 N–H and O–H groups in total. The summed E-state index contributed by atoms with van der Waals surface area (Å²) in [6.07, 6.45) is 1.11. The molecule has 0 unspecified atom stereocenters. The predicted molar refractivity (Wildman–Crippen MR) is 112 cm³/mol. The first-order chi connectivity index (χ1) is 13.1. The van der Waals surface area contributed by atoms with Gasteiger partial charge in [0, 0.05) is 10.9 Å². The molecule has 3 rings (SSSR count). The third-order valence-electron chi connectivity index (χ3n) is 4.20. The first-order valence-electron chi connectivity index (χ1n) is 8.78. The summed E-state index contributed by atoms with van der Waals surface area (Å²) in [5.41, 5.74) is 5.19. The molecule has 0 saturated carbocycles. The number of nitrogens with one attached hydrogen (secondary N) is 2. The van der Waals surface area contributed by atoms with Crippen molar-refractivity contribution in [2.75, 3.05) is 11.9 Å². The van der Waals surface area contributed by atoms with Crippen LogP contribution in [0.3, 0.4) is 0 Å². The Morgan fingerprint density at radius 1 is 1.26 bits per heavy atom. The summed E-state index contributed by atoms with van der Waals surface area (Å²) in [4.78, 5) is 16.6. The molecule has 2 aromatic carbocycles. The maximum atomic E-state index is 12.1. The molecule has 140 valence electrons. The molecule has 0 saturated heterocycles. The van der Waals surface area contributed by atoms with Gasteiger partial charge in [-0.15, -0.1) is 0 Å². The molecule has 1 aliphatic heterocycles. The zero-order valence-electron chi connectivity index (χ0n) is 15.3. The van der Waals surface area contributed by atoms with Crippen molar-refractivity contribution >= 4 is 34.2 Å². The highest BCUT2D eigenvalue weighted by Crippen LogP contribution is 2.24. The number of carbonyl (C=O) groups is 1. The largest absolute Gasteiger partial charge is 0.507 e. The number of nitrogens with zero attached hydrogens (tertiary/aromatic N) is 2. The second-order valence-corrected chi connectivity index (χ2v) is 7.44. The third kappa shape index (κ3) is 4.89. The molecule has 2 aromatic rings. The van der Waals surface area contributed by atoms with Gasteiger partial charge < -0.3 is 10.4 Å². The maximum absolute atomic E-state index is 12.1. The molecule has 0 aliphatic carbocycles. The first-order valence-corrected chi connectivity index (χ1v) is 9.66. The van der Waals surface area contributed by atoms with Crippen LogP contribution in [0.4, 0.5) is 5.69 Å². The highest BCUT2D eigenvalue weighted by molar-refractivity contribution is 8.15. The second-order valence-electron chi connectivity index (χ2n) is 6.15. The lowest BCUT2D eigenvalue weighted by atomic mass is 10.1. The summed E-state index contributed by atoms with van der Waals surface area (Å²) in [6, 6.07) is 14.1. The van der Waals surface area contributed by atoms with Crippen molar-refractivity contribution in [3.05, 3.63) is 59.7 Å². The number of aliphatic imine (C=N–C) groups is 1. The number of amides is 1. The third-order valence-corrected chi connectivity index (χ3v) is 5.47. The molecule has 6 nitrogen and oxygen atoms in total. The Balaban J connectivity index is 1.60. The molecule has 1 amide bonds. The van der Waals surface area contributed by atoms with Gasteiger partial charge in [-0.25, -0.2) is 5.43 Å². The number of para-hydroxylation sites is 1. The summed E-state index contributed by atoms with van der Waals surface area (Å²) in [6.45, 7) is 4.85. The van der Waals surface area contributed by atoms with Gasteiger partial charge in [0.25, 0.3) is 5.91 Å². The Labute approximate surface area is 162 Å². The summed E-state index contributed by atoms with van der Waals surface area (Å²) < 4.78 is 0. The summed E-state index contributed by atoms with van der Waals surface area (Å²) in [7, 11) is 0. The van der Waals surface area contributed by atoms with Crippen LogP contribution in [0.5, 0.6) is 5.75 Å². The number of amidine groups is 1. The Morgan fingerprint density at radius 2 is 2.00 bits per heavy atom. The molecule has 7 heteroatoms. The number of hydrazone groups is 1. The van der Waals surface area contributed by atoms with E-state index in [1.165, 1.54) is 6.07 Å². The van der Waals surface area contributed by atoms with Crippen LogP contribution in [0, 0.1) is 0 Å². The number of hydrogen-bond acceptors (Lipinski definition) is 6. The van der Waals surface area contributed by atoms with E-state index in [1.807, 2.05) is 31.2 Å². The van der Waals surface area contributed by atoms with Crippen LogP contribution in [-0.2, 0) is 0 Å². The van der Waals surface area contributed by atoms with Gasteiger partial charge in [-0.05, 0) is 43.2 Å². The SMILES string of the molecule is CC[C@H]1CN=C(Nc2ccc(/C(C)=N\NC(=O)c3ccccc3O)cc2)S1.